The highest BCUT2D eigenvalue weighted by atomic mass is 16.6. The lowest BCUT2D eigenvalue weighted by Gasteiger charge is -2.25. The van der Waals surface area contributed by atoms with Crippen LogP contribution >= 0.6 is 0 Å². The minimum Gasteiger partial charge on any atom is -0.464 e. The Morgan fingerprint density at radius 3 is 1.05 bits per heavy atom. The topological polar surface area (TPSA) is 78.9 Å². The first-order valence-corrected chi connectivity index (χ1v) is 20.4. The van der Waals surface area contributed by atoms with E-state index >= 15 is 0 Å². The van der Waals surface area contributed by atoms with Gasteiger partial charge in [0.2, 0.25) is 0 Å². The van der Waals surface area contributed by atoms with Gasteiger partial charge in [-0.2, -0.15) is 0 Å². The molecule has 0 spiro atoms. The van der Waals surface area contributed by atoms with E-state index in [4.69, 9.17) is 14.2 Å². The summed E-state index contributed by atoms with van der Waals surface area (Å²) in [6.07, 6.45) is 0.997. The fraction of sp³-hybridized carbons (Fsp3) is 0.250. The Labute approximate surface area is 341 Å². The van der Waals surface area contributed by atoms with Crippen molar-refractivity contribution >= 4 is 17.9 Å². The van der Waals surface area contributed by atoms with E-state index < -0.39 is 23.3 Å². The first-order chi connectivity index (χ1) is 28.3. The van der Waals surface area contributed by atoms with Crippen molar-refractivity contribution in [2.24, 2.45) is 11.3 Å². The minimum atomic E-state index is -1.16. The summed E-state index contributed by atoms with van der Waals surface area (Å²) in [7, 11) is 0. The average Bonchev–Trinajstić information content (AvgIpc) is 3.88. The van der Waals surface area contributed by atoms with Crippen molar-refractivity contribution in [3.63, 3.8) is 0 Å². The average molecular weight is 769 g/mol. The molecule has 0 atom stereocenters. The van der Waals surface area contributed by atoms with Crippen LogP contribution in [0.5, 0.6) is 0 Å². The number of hydrogen-bond acceptors (Lipinski definition) is 6. The molecular formula is C52H48O6. The molecule has 0 aliphatic heterocycles. The van der Waals surface area contributed by atoms with Gasteiger partial charge >= 0.3 is 17.9 Å². The van der Waals surface area contributed by atoms with E-state index in [-0.39, 0.29) is 51.4 Å². The molecule has 0 unspecified atom stereocenters. The Balaban J connectivity index is 0.00000484. The number of carbonyl (C=O) groups excluding carboxylic acids is 3. The van der Waals surface area contributed by atoms with Gasteiger partial charge in [-0.25, -0.2) is 0 Å². The largest absolute Gasteiger partial charge is 0.464 e. The fourth-order valence-corrected chi connectivity index (χ4v) is 9.39. The Morgan fingerprint density at radius 2 is 0.741 bits per heavy atom. The number of esters is 3. The van der Waals surface area contributed by atoms with Gasteiger partial charge in [0.25, 0.3) is 0 Å². The SMILES string of the molecule is CC(C)(CCCC(C(=O)OCC1c2ccccc2-c2ccccc21)C(=O)OCC1c2ccccc2-c2ccccc21)C(=O)OCC1c2ccccc2-c2ccccc21.[HH]. The predicted molar refractivity (Wildman–Crippen MR) is 227 cm³/mol. The monoisotopic (exact) mass is 768 g/mol. The lowest BCUT2D eigenvalue weighted by Crippen LogP contribution is -2.31. The molecule has 292 valence electrons. The van der Waals surface area contributed by atoms with Gasteiger partial charge in [-0.3, -0.25) is 14.4 Å². The third-order valence-corrected chi connectivity index (χ3v) is 12.5. The number of ether oxygens (including phenoxy) is 3. The minimum absolute atomic E-state index is 0. The number of benzene rings is 6. The van der Waals surface area contributed by atoms with Gasteiger partial charge in [0.1, 0.15) is 19.8 Å². The second-order valence-corrected chi connectivity index (χ2v) is 16.4. The second kappa shape index (κ2) is 15.6. The van der Waals surface area contributed by atoms with Crippen molar-refractivity contribution in [2.75, 3.05) is 19.8 Å². The van der Waals surface area contributed by atoms with E-state index in [9.17, 15) is 14.4 Å². The van der Waals surface area contributed by atoms with E-state index in [1.54, 1.807) is 0 Å². The molecule has 0 aromatic heterocycles. The highest BCUT2D eigenvalue weighted by Gasteiger charge is 2.38. The van der Waals surface area contributed by atoms with E-state index in [0.717, 1.165) is 55.6 Å². The summed E-state index contributed by atoms with van der Waals surface area (Å²) >= 11 is 0. The summed E-state index contributed by atoms with van der Waals surface area (Å²) < 4.78 is 18.2. The maximum atomic E-state index is 14.1. The zero-order valence-corrected chi connectivity index (χ0v) is 32.9. The lowest BCUT2D eigenvalue weighted by molar-refractivity contribution is -0.163. The summed E-state index contributed by atoms with van der Waals surface area (Å²) in [4.78, 5) is 41.9. The van der Waals surface area contributed by atoms with Crippen LogP contribution in [0.2, 0.25) is 0 Å². The van der Waals surface area contributed by atoms with E-state index in [1.165, 1.54) is 11.1 Å². The molecule has 3 aliphatic rings. The van der Waals surface area contributed by atoms with Crippen molar-refractivity contribution in [2.45, 2.75) is 50.9 Å². The van der Waals surface area contributed by atoms with Crippen molar-refractivity contribution < 1.29 is 30.0 Å². The molecule has 6 aromatic carbocycles. The Bertz CT molecular complexity index is 2290. The van der Waals surface area contributed by atoms with E-state index in [2.05, 4.69) is 72.8 Å². The first-order valence-electron chi connectivity index (χ1n) is 20.4. The van der Waals surface area contributed by atoms with Gasteiger partial charge in [-0.05, 0) is 93.5 Å². The van der Waals surface area contributed by atoms with Crippen LogP contribution in [0.15, 0.2) is 146 Å². The maximum absolute atomic E-state index is 14.1. The van der Waals surface area contributed by atoms with Crippen molar-refractivity contribution in [3.05, 3.63) is 179 Å². The van der Waals surface area contributed by atoms with Crippen molar-refractivity contribution in [1.29, 1.82) is 0 Å². The standard InChI is InChI=1S/C52H46O6.H2/c1-52(2,51(55)58-32-48-43-26-13-7-20-37(43)38-21-8-14-27-44(38)48)29-15-28-45(49(53)56-30-46-39-22-9-3-16-33(39)34-17-4-10-23-40(34)46)50(54)57-31-47-41-24-11-5-18-35(41)36-19-6-12-25-42(36)47;/h3-14,16-27,45-48H,15,28-32H2,1-2H3;1H. The molecule has 0 N–H and O–H groups in total. The summed E-state index contributed by atoms with van der Waals surface area (Å²) in [6.45, 7) is 4.16. The summed E-state index contributed by atoms with van der Waals surface area (Å²) in [6, 6.07) is 49.2. The third-order valence-electron chi connectivity index (χ3n) is 12.5. The molecule has 6 heteroatoms. The maximum Gasteiger partial charge on any atom is 0.320 e. The predicted octanol–water partition coefficient (Wildman–Crippen LogP) is 11.1. The van der Waals surface area contributed by atoms with Crippen LogP contribution < -0.4 is 0 Å². The highest BCUT2D eigenvalue weighted by molar-refractivity contribution is 5.95. The van der Waals surface area contributed by atoms with Gasteiger partial charge in [-0.15, -0.1) is 0 Å². The van der Waals surface area contributed by atoms with Gasteiger partial charge in [0.15, 0.2) is 5.92 Å². The zero-order chi connectivity index (χ0) is 39.8. The normalized spacial score (nSPS) is 13.9. The number of carbonyl (C=O) groups is 3. The van der Waals surface area contributed by atoms with Crippen LogP contribution in [-0.2, 0) is 28.6 Å². The van der Waals surface area contributed by atoms with Crippen molar-refractivity contribution in [3.8, 4) is 33.4 Å². The Morgan fingerprint density at radius 1 is 0.466 bits per heavy atom. The number of hydrogen-bond donors (Lipinski definition) is 0. The van der Waals surface area contributed by atoms with Crippen LogP contribution in [-0.4, -0.2) is 37.7 Å². The molecule has 58 heavy (non-hydrogen) atoms. The first kappa shape index (κ1) is 37.3. The van der Waals surface area contributed by atoms with Crippen LogP contribution in [0.3, 0.4) is 0 Å². The molecule has 3 aliphatic carbocycles. The van der Waals surface area contributed by atoms with E-state index in [1.807, 2.05) is 86.6 Å². The molecule has 0 fully saturated rings. The summed E-state index contributed by atoms with van der Waals surface area (Å²) in [5.41, 5.74) is 12.7. The fourth-order valence-electron chi connectivity index (χ4n) is 9.39. The molecule has 0 heterocycles. The van der Waals surface area contributed by atoms with Crippen LogP contribution in [0.4, 0.5) is 0 Å². The smallest absolute Gasteiger partial charge is 0.320 e. The molecule has 0 saturated carbocycles. The lowest BCUT2D eigenvalue weighted by atomic mass is 9.85. The highest BCUT2D eigenvalue weighted by Crippen LogP contribution is 2.47. The second-order valence-electron chi connectivity index (χ2n) is 16.4. The zero-order valence-electron chi connectivity index (χ0n) is 32.9. The molecule has 6 aromatic rings. The third kappa shape index (κ3) is 6.81. The van der Waals surface area contributed by atoms with Gasteiger partial charge in [0.05, 0.1) is 5.41 Å². The van der Waals surface area contributed by atoms with Crippen LogP contribution in [0, 0.1) is 11.3 Å². The van der Waals surface area contributed by atoms with Crippen molar-refractivity contribution in [1.82, 2.24) is 0 Å². The number of rotatable bonds is 13. The van der Waals surface area contributed by atoms with Crippen LogP contribution in [0.1, 0.15) is 85.7 Å². The molecule has 9 rings (SSSR count). The Kier molecular flexibility index (Phi) is 10.0. The van der Waals surface area contributed by atoms with Gasteiger partial charge in [0, 0.05) is 19.2 Å². The number of fused-ring (bicyclic) bond motifs is 9. The molecule has 6 nitrogen and oxygen atoms in total. The molecule has 0 saturated heterocycles. The quantitative estimate of drug-likeness (QED) is 0.0661. The Hall–Kier alpha value is -6.27. The van der Waals surface area contributed by atoms with Crippen LogP contribution in [0.25, 0.3) is 33.4 Å². The van der Waals surface area contributed by atoms with Gasteiger partial charge < -0.3 is 14.2 Å². The molecule has 0 bridgehead atoms. The summed E-state index contributed by atoms with van der Waals surface area (Å²) in [5.74, 6) is -3.03. The molecule has 0 amide bonds. The van der Waals surface area contributed by atoms with E-state index in [0.29, 0.717) is 12.8 Å². The van der Waals surface area contributed by atoms with Gasteiger partial charge in [-0.1, -0.05) is 152 Å². The molecular weight excluding hydrogens is 721 g/mol. The molecule has 0 radical (unpaired) electrons. The summed E-state index contributed by atoms with van der Waals surface area (Å²) in [5, 5.41) is 0.